The topological polar surface area (TPSA) is 76.3 Å². The second-order valence-corrected chi connectivity index (χ2v) is 7.65. The van der Waals surface area contributed by atoms with Crippen molar-refractivity contribution in [2.24, 2.45) is 5.73 Å². The van der Waals surface area contributed by atoms with Gasteiger partial charge in [0, 0.05) is 30.5 Å². The van der Waals surface area contributed by atoms with Gasteiger partial charge < -0.3 is 10.6 Å². The van der Waals surface area contributed by atoms with E-state index in [0.29, 0.717) is 17.1 Å². The first-order valence-electron chi connectivity index (χ1n) is 8.16. The molecule has 0 radical (unpaired) electrons. The van der Waals surface area contributed by atoms with Crippen molar-refractivity contribution in [1.29, 1.82) is 0 Å². The molecule has 2 aromatic heterocycles. The van der Waals surface area contributed by atoms with E-state index < -0.39 is 5.91 Å². The van der Waals surface area contributed by atoms with Crippen LogP contribution in [0.25, 0.3) is 10.6 Å². The van der Waals surface area contributed by atoms with E-state index in [2.05, 4.69) is 4.98 Å². The summed E-state index contributed by atoms with van der Waals surface area (Å²) in [6.45, 7) is 2.56. The average molecular weight is 386 g/mol. The number of amides is 2. The molecular formula is C19H19N3O2S2. The summed E-state index contributed by atoms with van der Waals surface area (Å²) in [7, 11) is 0. The molecule has 3 aromatic rings. The average Bonchev–Trinajstić information content (AvgIpc) is 3.28. The normalized spacial score (nSPS) is 10.7. The van der Waals surface area contributed by atoms with Crippen LogP contribution in [0.4, 0.5) is 0 Å². The molecule has 0 aliphatic heterocycles. The van der Waals surface area contributed by atoms with E-state index in [1.165, 1.54) is 11.3 Å². The lowest BCUT2D eigenvalue weighted by Gasteiger charge is -2.22. The molecule has 5 nitrogen and oxygen atoms in total. The predicted molar refractivity (Wildman–Crippen MR) is 105 cm³/mol. The predicted octanol–water partition coefficient (Wildman–Crippen LogP) is 3.70. The zero-order chi connectivity index (χ0) is 18.5. The van der Waals surface area contributed by atoms with Gasteiger partial charge in [0.1, 0.15) is 9.88 Å². The molecule has 0 bridgehead atoms. The summed E-state index contributed by atoms with van der Waals surface area (Å²) in [5, 5.41) is 4.84. The maximum atomic E-state index is 13.1. The summed E-state index contributed by atoms with van der Waals surface area (Å²) in [6, 6.07) is 11.7. The van der Waals surface area contributed by atoms with Gasteiger partial charge >= 0.3 is 0 Å². The van der Waals surface area contributed by atoms with E-state index in [9.17, 15) is 9.59 Å². The first-order valence-corrected chi connectivity index (χ1v) is 9.92. The van der Waals surface area contributed by atoms with E-state index >= 15 is 0 Å². The zero-order valence-corrected chi connectivity index (χ0v) is 16.0. The fourth-order valence-electron chi connectivity index (χ4n) is 2.55. The SMILES string of the molecule is Cc1nc(-c2ccsc2)sc1C(=O)N(CCC(N)=O)Cc1ccccc1. The number of hydrogen-bond donors (Lipinski definition) is 1. The van der Waals surface area contributed by atoms with Crippen molar-refractivity contribution < 1.29 is 9.59 Å². The van der Waals surface area contributed by atoms with E-state index in [0.717, 1.165) is 16.1 Å². The maximum Gasteiger partial charge on any atom is 0.266 e. The first-order chi connectivity index (χ1) is 12.5. The van der Waals surface area contributed by atoms with Crippen LogP contribution < -0.4 is 5.73 Å². The molecule has 0 unspecified atom stereocenters. The number of hydrogen-bond acceptors (Lipinski definition) is 5. The van der Waals surface area contributed by atoms with Crippen LogP contribution in [0.15, 0.2) is 47.2 Å². The quantitative estimate of drug-likeness (QED) is 0.674. The smallest absolute Gasteiger partial charge is 0.266 e. The Labute approximate surface area is 160 Å². The summed E-state index contributed by atoms with van der Waals surface area (Å²) in [4.78, 5) is 31.1. The van der Waals surface area contributed by atoms with Crippen molar-refractivity contribution in [3.8, 4) is 10.6 Å². The van der Waals surface area contributed by atoms with Crippen LogP contribution >= 0.6 is 22.7 Å². The third kappa shape index (κ3) is 4.36. The summed E-state index contributed by atoms with van der Waals surface area (Å²) < 4.78 is 0. The van der Waals surface area contributed by atoms with E-state index in [1.54, 1.807) is 16.2 Å². The number of primary amides is 1. The van der Waals surface area contributed by atoms with Crippen molar-refractivity contribution in [3.63, 3.8) is 0 Å². The van der Waals surface area contributed by atoms with Crippen LogP contribution in [0.3, 0.4) is 0 Å². The number of carbonyl (C=O) groups excluding carboxylic acids is 2. The van der Waals surface area contributed by atoms with Crippen molar-refractivity contribution in [1.82, 2.24) is 9.88 Å². The lowest BCUT2D eigenvalue weighted by Crippen LogP contribution is -2.33. The minimum absolute atomic E-state index is 0.119. The number of thiophene rings is 1. The van der Waals surface area contributed by atoms with E-state index in [4.69, 9.17) is 5.73 Å². The Balaban J connectivity index is 1.85. The Morgan fingerprint density at radius 2 is 1.96 bits per heavy atom. The van der Waals surface area contributed by atoms with Crippen LogP contribution in [-0.4, -0.2) is 28.2 Å². The number of benzene rings is 1. The van der Waals surface area contributed by atoms with E-state index in [-0.39, 0.29) is 18.9 Å². The molecule has 0 atom stereocenters. The van der Waals surface area contributed by atoms with Gasteiger partial charge in [0.2, 0.25) is 5.91 Å². The summed E-state index contributed by atoms with van der Waals surface area (Å²) in [5.41, 5.74) is 8.02. The highest BCUT2D eigenvalue weighted by atomic mass is 32.1. The molecule has 134 valence electrons. The molecule has 3 rings (SSSR count). The molecule has 26 heavy (non-hydrogen) atoms. The number of nitrogens with two attached hydrogens (primary N) is 1. The summed E-state index contributed by atoms with van der Waals surface area (Å²) >= 11 is 2.98. The van der Waals surface area contributed by atoms with Gasteiger partial charge in [0.25, 0.3) is 5.91 Å². The van der Waals surface area contributed by atoms with Crippen LogP contribution in [0.2, 0.25) is 0 Å². The minimum Gasteiger partial charge on any atom is -0.370 e. The molecule has 0 saturated carbocycles. The van der Waals surface area contributed by atoms with Gasteiger partial charge in [0.15, 0.2) is 0 Å². The first kappa shape index (κ1) is 18.3. The monoisotopic (exact) mass is 385 g/mol. The fourth-order valence-corrected chi connectivity index (χ4v) is 4.30. The van der Waals surface area contributed by atoms with Crippen LogP contribution in [0.5, 0.6) is 0 Å². The molecule has 7 heteroatoms. The van der Waals surface area contributed by atoms with Gasteiger partial charge in [0.05, 0.1) is 5.69 Å². The van der Waals surface area contributed by atoms with Crippen LogP contribution in [0.1, 0.15) is 27.3 Å². The van der Waals surface area contributed by atoms with Gasteiger partial charge in [-0.15, -0.1) is 11.3 Å². The zero-order valence-electron chi connectivity index (χ0n) is 14.3. The highest BCUT2D eigenvalue weighted by Crippen LogP contribution is 2.30. The van der Waals surface area contributed by atoms with Crippen molar-refractivity contribution in [3.05, 3.63) is 63.3 Å². The highest BCUT2D eigenvalue weighted by molar-refractivity contribution is 7.17. The van der Waals surface area contributed by atoms with Crippen molar-refractivity contribution >= 4 is 34.5 Å². The molecule has 0 aliphatic carbocycles. The summed E-state index contributed by atoms with van der Waals surface area (Å²) in [5.74, 6) is -0.539. The van der Waals surface area contributed by atoms with Gasteiger partial charge in [-0.2, -0.15) is 11.3 Å². The molecule has 0 fully saturated rings. The molecule has 0 saturated heterocycles. The Hall–Kier alpha value is -2.51. The second kappa shape index (κ2) is 8.25. The van der Waals surface area contributed by atoms with Crippen molar-refractivity contribution in [2.75, 3.05) is 6.54 Å². The fraction of sp³-hybridized carbons (Fsp3) is 0.211. The lowest BCUT2D eigenvalue weighted by molar-refractivity contribution is -0.118. The Morgan fingerprint density at radius 3 is 2.62 bits per heavy atom. The molecular weight excluding hydrogens is 366 g/mol. The second-order valence-electron chi connectivity index (χ2n) is 5.87. The summed E-state index contributed by atoms with van der Waals surface area (Å²) in [6.07, 6.45) is 0.133. The Morgan fingerprint density at radius 1 is 1.19 bits per heavy atom. The number of carbonyl (C=O) groups is 2. The van der Waals surface area contributed by atoms with Crippen molar-refractivity contribution in [2.45, 2.75) is 19.9 Å². The largest absolute Gasteiger partial charge is 0.370 e. The lowest BCUT2D eigenvalue weighted by atomic mass is 10.2. The van der Waals surface area contributed by atoms with Gasteiger partial charge in [-0.3, -0.25) is 9.59 Å². The standard InChI is InChI=1S/C19H19N3O2S2/c1-13-17(26-18(21-13)15-8-10-25-12-15)19(24)22(9-7-16(20)23)11-14-5-3-2-4-6-14/h2-6,8,10,12H,7,9,11H2,1H3,(H2,20,23). The molecule has 0 spiro atoms. The molecule has 1 aromatic carbocycles. The van der Waals surface area contributed by atoms with Gasteiger partial charge in [-0.05, 0) is 23.9 Å². The van der Waals surface area contributed by atoms with Crippen LogP contribution in [0, 0.1) is 6.92 Å². The van der Waals surface area contributed by atoms with Crippen LogP contribution in [-0.2, 0) is 11.3 Å². The number of thiazole rings is 1. The van der Waals surface area contributed by atoms with Gasteiger partial charge in [-0.1, -0.05) is 30.3 Å². The third-order valence-electron chi connectivity index (χ3n) is 3.89. The molecule has 2 N–H and O–H groups in total. The molecule has 2 amide bonds. The highest BCUT2D eigenvalue weighted by Gasteiger charge is 2.22. The Bertz CT molecular complexity index is 889. The minimum atomic E-state index is -0.421. The third-order valence-corrected chi connectivity index (χ3v) is 5.77. The number of rotatable bonds is 7. The maximum absolute atomic E-state index is 13.1. The number of aromatic nitrogens is 1. The van der Waals surface area contributed by atoms with E-state index in [1.807, 2.05) is 54.1 Å². The Kier molecular flexibility index (Phi) is 5.80. The molecule has 0 aliphatic rings. The number of nitrogens with zero attached hydrogens (tertiary/aromatic N) is 2. The molecule has 2 heterocycles. The number of aryl methyl sites for hydroxylation is 1. The van der Waals surface area contributed by atoms with Gasteiger partial charge in [-0.25, -0.2) is 4.98 Å².